The van der Waals surface area contributed by atoms with Gasteiger partial charge in [0.05, 0.1) is 6.61 Å². The van der Waals surface area contributed by atoms with Crippen LogP contribution in [0.1, 0.15) is 25.8 Å². The molecule has 0 amide bonds. The van der Waals surface area contributed by atoms with E-state index in [1.54, 1.807) is 7.05 Å². The van der Waals surface area contributed by atoms with Gasteiger partial charge in [0.2, 0.25) is 0 Å². The second kappa shape index (κ2) is 13.8. The molecule has 0 saturated heterocycles. The Kier molecular flexibility index (Phi) is 13.3. The van der Waals surface area contributed by atoms with Crippen molar-refractivity contribution in [1.29, 1.82) is 0 Å². The van der Waals surface area contributed by atoms with Gasteiger partial charge in [-0.1, -0.05) is 44.2 Å². The van der Waals surface area contributed by atoms with Crippen molar-refractivity contribution < 1.29 is 4.74 Å². The molecule has 0 heterocycles. The Labute approximate surface area is 152 Å². The van der Waals surface area contributed by atoms with Gasteiger partial charge in [-0.05, 0) is 24.3 Å². The van der Waals surface area contributed by atoms with Crippen molar-refractivity contribution in [3.05, 3.63) is 35.9 Å². The van der Waals surface area contributed by atoms with Crippen LogP contribution < -0.4 is 10.6 Å². The molecule has 5 heteroatoms. The second-order valence-electron chi connectivity index (χ2n) is 5.48. The van der Waals surface area contributed by atoms with Crippen molar-refractivity contribution in [2.45, 2.75) is 26.7 Å². The molecule has 1 aromatic rings. The number of halogens is 1. The summed E-state index contributed by atoms with van der Waals surface area (Å²) in [7, 11) is 1.79. The summed E-state index contributed by atoms with van der Waals surface area (Å²) in [6, 6.07) is 10.5. The molecule has 1 rings (SSSR count). The van der Waals surface area contributed by atoms with E-state index in [1.807, 2.05) is 0 Å². The average Bonchev–Trinajstić information content (AvgIpc) is 2.49. The van der Waals surface area contributed by atoms with Crippen molar-refractivity contribution in [1.82, 2.24) is 10.6 Å². The zero-order valence-electron chi connectivity index (χ0n) is 14.0. The average molecular weight is 419 g/mol. The third kappa shape index (κ3) is 10.8. The van der Waals surface area contributed by atoms with E-state index < -0.39 is 0 Å². The molecule has 0 aliphatic rings. The fourth-order valence-corrected chi connectivity index (χ4v) is 1.93. The lowest BCUT2D eigenvalue weighted by atomic mass is 10.1. The third-order valence-corrected chi connectivity index (χ3v) is 2.99. The van der Waals surface area contributed by atoms with Crippen LogP contribution in [0.4, 0.5) is 0 Å². The summed E-state index contributed by atoms with van der Waals surface area (Å²) in [4.78, 5) is 4.20. The minimum absolute atomic E-state index is 0. The molecule has 0 radical (unpaired) electrons. The van der Waals surface area contributed by atoms with Crippen molar-refractivity contribution in [2.75, 3.05) is 33.4 Å². The predicted octanol–water partition coefficient (Wildman–Crippen LogP) is 3.07. The molecular weight excluding hydrogens is 389 g/mol. The monoisotopic (exact) mass is 419 g/mol. The normalized spacial score (nSPS) is 11.2. The van der Waals surface area contributed by atoms with Crippen LogP contribution in [0.25, 0.3) is 0 Å². The number of ether oxygens (including phenoxy) is 1. The van der Waals surface area contributed by atoms with Gasteiger partial charge in [0.25, 0.3) is 0 Å². The minimum Gasteiger partial charge on any atom is -0.379 e. The molecule has 1 aromatic carbocycles. The van der Waals surface area contributed by atoms with E-state index in [2.05, 4.69) is 59.8 Å². The number of rotatable bonds is 9. The lowest BCUT2D eigenvalue weighted by Gasteiger charge is -2.12. The molecule has 4 nitrogen and oxygen atoms in total. The van der Waals surface area contributed by atoms with Gasteiger partial charge in [0.15, 0.2) is 5.96 Å². The van der Waals surface area contributed by atoms with Crippen LogP contribution >= 0.6 is 24.0 Å². The van der Waals surface area contributed by atoms with Gasteiger partial charge in [-0.15, -0.1) is 24.0 Å². The molecule has 0 atom stereocenters. The highest BCUT2D eigenvalue weighted by atomic mass is 127. The van der Waals surface area contributed by atoms with Crippen LogP contribution in [0, 0.1) is 5.92 Å². The van der Waals surface area contributed by atoms with E-state index in [9.17, 15) is 0 Å². The summed E-state index contributed by atoms with van der Waals surface area (Å²) in [6.45, 7) is 7.53. The quantitative estimate of drug-likeness (QED) is 0.280. The number of aryl methyl sites for hydroxylation is 1. The number of benzene rings is 1. The van der Waals surface area contributed by atoms with Crippen LogP contribution in [-0.4, -0.2) is 39.3 Å². The molecule has 22 heavy (non-hydrogen) atoms. The number of hydrogen-bond donors (Lipinski definition) is 2. The maximum Gasteiger partial charge on any atom is 0.191 e. The molecular formula is C17H30IN3O. The Hall–Kier alpha value is -0.820. The lowest BCUT2D eigenvalue weighted by molar-refractivity contribution is 0.114. The van der Waals surface area contributed by atoms with Gasteiger partial charge >= 0.3 is 0 Å². The van der Waals surface area contributed by atoms with E-state index >= 15 is 0 Å². The van der Waals surface area contributed by atoms with Gasteiger partial charge < -0.3 is 15.4 Å². The highest BCUT2D eigenvalue weighted by Crippen LogP contribution is 2.01. The Bertz CT molecular complexity index is 396. The minimum atomic E-state index is 0. The standard InChI is InChI=1S/C17H29N3O.HI/c1-15(2)14-21-13-12-20-17(18-3)19-11-7-10-16-8-5-4-6-9-16;/h4-6,8-9,15H,7,10-14H2,1-3H3,(H2,18,19,20);1H. The van der Waals surface area contributed by atoms with Crippen molar-refractivity contribution in [3.8, 4) is 0 Å². The first-order valence-electron chi connectivity index (χ1n) is 7.78. The molecule has 126 valence electrons. The van der Waals surface area contributed by atoms with Gasteiger partial charge in [-0.3, -0.25) is 4.99 Å². The molecule has 0 spiro atoms. The Morgan fingerprint density at radius 1 is 1.14 bits per heavy atom. The molecule has 0 unspecified atom stereocenters. The summed E-state index contributed by atoms with van der Waals surface area (Å²) < 4.78 is 5.53. The summed E-state index contributed by atoms with van der Waals surface area (Å²) in [5.41, 5.74) is 1.38. The summed E-state index contributed by atoms with van der Waals surface area (Å²) in [5, 5.41) is 6.58. The fourth-order valence-electron chi connectivity index (χ4n) is 1.93. The van der Waals surface area contributed by atoms with Crippen molar-refractivity contribution in [2.24, 2.45) is 10.9 Å². The first-order valence-corrected chi connectivity index (χ1v) is 7.78. The topological polar surface area (TPSA) is 45.7 Å². The molecule has 0 fully saturated rings. The van der Waals surface area contributed by atoms with Gasteiger partial charge in [0.1, 0.15) is 0 Å². The zero-order valence-corrected chi connectivity index (χ0v) is 16.3. The van der Waals surface area contributed by atoms with Crippen LogP contribution in [0.2, 0.25) is 0 Å². The number of hydrogen-bond acceptors (Lipinski definition) is 2. The van der Waals surface area contributed by atoms with Gasteiger partial charge in [0, 0.05) is 26.7 Å². The van der Waals surface area contributed by atoms with E-state index in [1.165, 1.54) is 5.56 Å². The fraction of sp³-hybridized carbons (Fsp3) is 0.588. The van der Waals surface area contributed by atoms with Crippen LogP contribution in [-0.2, 0) is 11.2 Å². The van der Waals surface area contributed by atoms with E-state index in [0.29, 0.717) is 12.5 Å². The van der Waals surface area contributed by atoms with E-state index in [4.69, 9.17) is 4.74 Å². The van der Waals surface area contributed by atoms with Gasteiger partial charge in [-0.2, -0.15) is 0 Å². The largest absolute Gasteiger partial charge is 0.379 e. The molecule has 0 aliphatic carbocycles. The number of aliphatic imine (C=N–C) groups is 1. The highest BCUT2D eigenvalue weighted by molar-refractivity contribution is 14.0. The maximum atomic E-state index is 5.53. The Balaban J connectivity index is 0.00000441. The van der Waals surface area contributed by atoms with Crippen LogP contribution in [0.5, 0.6) is 0 Å². The number of guanidine groups is 1. The summed E-state index contributed by atoms with van der Waals surface area (Å²) in [5.74, 6) is 1.43. The zero-order chi connectivity index (χ0) is 15.3. The van der Waals surface area contributed by atoms with E-state index in [-0.39, 0.29) is 24.0 Å². The predicted molar refractivity (Wildman–Crippen MR) is 105 cm³/mol. The van der Waals surface area contributed by atoms with Crippen LogP contribution in [0.15, 0.2) is 35.3 Å². The SMILES string of the molecule is CN=C(NCCCc1ccccc1)NCCOCC(C)C.I. The Morgan fingerprint density at radius 2 is 1.82 bits per heavy atom. The third-order valence-electron chi connectivity index (χ3n) is 2.99. The lowest BCUT2D eigenvalue weighted by Crippen LogP contribution is -2.39. The molecule has 2 N–H and O–H groups in total. The molecule has 0 aromatic heterocycles. The van der Waals surface area contributed by atoms with Gasteiger partial charge in [-0.25, -0.2) is 0 Å². The van der Waals surface area contributed by atoms with Crippen molar-refractivity contribution in [3.63, 3.8) is 0 Å². The van der Waals surface area contributed by atoms with Crippen molar-refractivity contribution >= 4 is 29.9 Å². The number of nitrogens with zero attached hydrogens (tertiary/aromatic N) is 1. The van der Waals surface area contributed by atoms with Crippen LogP contribution in [0.3, 0.4) is 0 Å². The molecule has 0 bridgehead atoms. The summed E-state index contributed by atoms with van der Waals surface area (Å²) >= 11 is 0. The first-order chi connectivity index (χ1) is 10.2. The first kappa shape index (κ1) is 21.2. The summed E-state index contributed by atoms with van der Waals surface area (Å²) in [6.07, 6.45) is 2.18. The second-order valence-corrected chi connectivity index (χ2v) is 5.48. The Morgan fingerprint density at radius 3 is 2.45 bits per heavy atom. The molecule has 0 saturated carbocycles. The molecule has 0 aliphatic heterocycles. The van der Waals surface area contributed by atoms with E-state index in [0.717, 1.165) is 38.5 Å². The highest BCUT2D eigenvalue weighted by Gasteiger charge is 1.98. The number of nitrogens with one attached hydrogen (secondary N) is 2. The maximum absolute atomic E-state index is 5.53. The smallest absolute Gasteiger partial charge is 0.191 e.